The lowest BCUT2D eigenvalue weighted by Gasteiger charge is -2.49. The van der Waals surface area contributed by atoms with Crippen molar-refractivity contribution in [2.24, 2.45) is 5.92 Å². The summed E-state index contributed by atoms with van der Waals surface area (Å²) < 4.78 is 67.1. The number of aromatic nitrogens is 4. The predicted octanol–water partition coefficient (Wildman–Crippen LogP) is 0.982. The van der Waals surface area contributed by atoms with E-state index in [0.717, 1.165) is 6.08 Å². The molecular weight excluding hydrogens is 347 g/mol. The minimum Gasteiger partial charge on any atom is -0.363 e. The van der Waals surface area contributed by atoms with Crippen molar-refractivity contribution in [1.29, 1.82) is 0 Å². The maximum atomic E-state index is 13.5. The summed E-state index contributed by atoms with van der Waals surface area (Å²) >= 11 is 0. The van der Waals surface area contributed by atoms with E-state index in [4.69, 9.17) is 0 Å². The van der Waals surface area contributed by atoms with E-state index in [1.807, 2.05) is 0 Å². The van der Waals surface area contributed by atoms with Gasteiger partial charge in [0.15, 0.2) is 15.7 Å². The van der Waals surface area contributed by atoms with Crippen LogP contribution in [0.4, 0.5) is 13.2 Å². The van der Waals surface area contributed by atoms with E-state index in [9.17, 15) is 21.6 Å². The molecule has 3 aliphatic rings. The highest BCUT2D eigenvalue weighted by atomic mass is 32.2. The standard InChI is InChI=1S/C13H14F3N5O2S/c1-7-8(13(14,15)16)5-12(2)11-10(7)24(22,23)4-3-20(11)6-9-17-18-19-21(9)12/h5,7H,3-4,6H2,1-2H3. The van der Waals surface area contributed by atoms with Crippen molar-refractivity contribution in [3.63, 3.8) is 0 Å². The summed E-state index contributed by atoms with van der Waals surface area (Å²) in [7, 11) is -3.78. The quantitative estimate of drug-likeness (QED) is 0.641. The third kappa shape index (κ3) is 1.84. The number of allylic oxidation sites excluding steroid dienone is 3. The van der Waals surface area contributed by atoms with Crippen LogP contribution in [0.3, 0.4) is 0 Å². The maximum Gasteiger partial charge on any atom is 0.413 e. The number of halogens is 3. The molecular formula is C13H14F3N5O2S. The van der Waals surface area contributed by atoms with Gasteiger partial charge in [0.1, 0.15) is 5.54 Å². The van der Waals surface area contributed by atoms with E-state index in [2.05, 4.69) is 15.5 Å². The number of nitrogens with zero attached hydrogens (tertiary/aromatic N) is 5. The van der Waals surface area contributed by atoms with Gasteiger partial charge in [-0.15, -0.1) is 5.10 Å². The molecule has 0 N–H and O–H groups in total. The molecule has 130 valence electrons. The molecule has 1 aromatic rings. The molecule has 0 radical (unpaired) electrons. The molecule has 11 heteroatoms. The minimum atomic E-state index is -4.63. The lowest BCUT2D eigenvalue weighted by Crippen LogP contribution is -2.54. The largest absolute Gasteiger partial charge is 0.413 e. The molecule has 2 aliphatic heterocycles. The second kappa shape index (κ2) is 4.38. The van der Waals surface area contributed by atoms with Crippen LogP contribution in [0.1, 0.15) is 19.7 Å². The zero-order valence-electron chi connectivity index (χ0n) is 12.9. The van der Waals surface area contributed by atoms with Crippen molar-refractivity contribution in [3.8, 4) is 0 Å². The van der Waals surface area contributed by atoms with Gasteiger partial charge in [-0.05, 0) is 23.4 Å². The topological polar surface area (TPSA) is 81.0 Å². The first-order chi connectivity index (χ1) is 11.1. The lowest BCUT2D eigenvalue weighted by atomic mass is 9.80. The Kier molecular flexibility index (Phi) is 2.85. The van der Waals surface area contributed by atoms with E-state index in [-0.39, 0.29) is 23.7 Å². The number of rotatable bonds is 0. The van der Waals surface area contributed by atoms with Gasteiger partial charge in [-0.3, -0.25) is 0 Å². The van der Waals surface area contributed by atoms with Crippen LogP contribution in [0.5, 0.6) is 0 Å². The minimum absolute atomic E-state index is 0.160. The maximum absolute atomic E-state index is 13.5. The van der Waals surface area contributed by atoms with Crippen LogP contribution in [0, 0.1) is 5.92 Å². The normalized spacial score (nSPS) is 31.5. The first-order valence-corrected chi connectivity index (χ1v) is 9.01. The van der Waals surface area contributed by atoms with Crippen molar-refractivity contribution in [1.82, 2.24) is 25.1 Å². The SMILES string of the molecule is CC1C(C(F)(F)F)=CC2(C)C3=C1S(=O)(=O)CCN3Cc1nnnn12. The molecule has 0 spiro atoms. The first kappa shape index (κ1) is 15.6. The number of alkyl halides is 3. The van der Waals surface area contributed by atoms with Crippen molar-refractivity contribution in [2.75, 3.05) is 12.3 Å². The molecule has 1 aliphatic carbocycles. The highest BCUT2D eigenvalue weighted by molar-refractivity contribution is 7.95. The number of sulfone groups is 1. The van der Waals surface area contributed by atoms with Gasteiger partial charge >= 0.3 is 6.18 Å². The lowest BCUT2D eigenvalue weighted by molar-refractivity contribution is -0.0985. The molecule has 0 amide bonds. The second-order valence-electron chi connectivity index (χ2n) is 6.43. The fourth-order valence-corrected chi connectivity index (χ4v) is 5.90. The summed E-state index contributed by atoms with van der Waals surface area (Å²) in [5.74, 6) is -1.05. The van der Waals surface area contributed by atoms with Crippen molar-refractivity contribution in [2.45, 2.75) is 32.1 Å². The fourth-order valence-electron chi connectivity index (χ4n) is 3.92. The van der Waals surface area contributed by atoms with Crippen molar-refractivity contribution in [3.05, 3.63) is 28.1 Å². The van der Waals surface area contributed by atoms with E-state index in [0.29, 0.717) is 11.5 Å². The molecule has 0 saturated carbocycles. The molecule has 24 heavy (non-hydrogen) atoms. The first-order valence-electron chi connectivity index (χ1n) is 7.36. The van der Waals surface area contributed by atoms with Crippen LogP contribution in [-0.2, 0) is 21.9 Å². The number of fused-ring (bicyclic) bond motifs is 2. The highest BCUT2D eigenvalue weighted by Crippen LogP contribution is 2.51. The Morgan fingerprint density at radius 1 is 1.38 bits per heavy atom. The summed E-state index contributed by atoms with van der Waals surface area (Å²) in [5, 5.41) is 11.2. The van der Waals surface area contributed by atoms with Crippen molar-refractivity contribution < 1.29 is 21.6 Å². The molecule has 2 unspecified atom stereocenters. The number of hydrogen-bond acceptors (Lipinski definition) is 6. The monoisotopic (exact) mass is 361 g/mol. The van der Waals surface area contributed by atoms with Gasteiger partial charge in [0.25, 0.3) is 0 Å². The van der Waals surface area contributed by atoms with Crippen LogP contribution in [-0.4, -0.2) is 52.0 Å². The Labute approximate surface area is 135 Å². The predicted molar refractivity (Wildman–Crippen MR) is 76.0 cm³/mol. The third-order valence-corrected chi connectivity index (χ3v) is 6.86. The van der Waals surface area contributed by atoms with Gasteiger partial charge in [-0.2, -0.15) is 13.2 Å². The second-order valence-corrected chi connectivity index (χ2v) is 8.50. The summed E-state index contributed by atoms with van der Waals surface area (Å²) in [6, 6.07) is 0. The third-order valence-electron chi connectivity index (χ3n) is 4.92. The summed E-state index contributed by atoms with van der Waals surface area (Å²) in [6.45, 7) is 3.30. The summed E-state index contributed by atoms with van der Waals surface area (Å²) in [4.78, 5) is 1.62. The number of hydrogen-bond donors (Lipinski definition) is 0. The zero-order valence-corrected chi connectivity index (χ0v) is 13.7. The fraction of sp³-hybridized carbons (Fsp3) is 0.615. The summed E-state index contributed by atoms with van der Waals surface area (Å²) in [5.41, 5.74) is -1.90. The smallest absolute Gasteiger partial charge is 0.363 e. The van der Waals surface area contributed by atoms with Gasteiger partial charge < -0.3 is 4.90 Å². The Morgan fingerprint density at radius 3 is 2.75 bits per heavy atom. The van der Waals surface area contributed by atoms with E-state index in [1.54, 1.807) is 4.90 Å². The average molecular weight is 361 g/mol. The molecule has 2 atom stereocenters. The van der Waals surface area contributed by atoms with Gasteiger partial charge in [-0.25, -0.2) is 13.1 Å². The molecule has 7 nitrogen and oxygen atoms in total. The molecule has 0 bridgehead atoms. The Hall–Kier alpha value is -1.91. The van der Waals surface area contributed by atoms with E-state index in [1.165, 1.54) is 18.5 Å². The van der Waals surface area contributed by atoms with E-state index < -0.39 is 33.0 Å². The molecule has 3 heterocycles. The van der Waals surface area contributed by atoms with Crippen LogP contribution in [0.2, 0.25) is 0 Å². The molecule has 0 fully saturated rings. The Morgan fingerprint density at radius 2 is 2.08 bits per heavy atom. The van der Waals surface area contributed by atoms with Gasteiger partial charge in [0.2, 0.25) is 0 Å². The van der Waals surface area contributed by atoms with Gasteiger partial charge in [0.05, 0.1) is 22.9 Å². The van der Waals surface area contributed by atoms with Crippen LogP contribution in [0.25, 0.3) is 0 Å². The summed E-state index contributed by atoms with van der Waals surface area (Å²) in [6.07, 6.45) is -3.58. The van der Waals surface area contributed by atoms with Crippen LogP contribution < -0.4 is 0 Å². The molecule has 0 saturated heterocycles. The van der Waals surface area contributed by atoms with Gasteiger partial charge in [-0.1, -0.05) is 6.92 Å². The van der Waals surface area contributed by atoms with Crippen LogP contribution >= 0.6 is 0 Å². The Bertz CT molecular complexity index is 901. The average Bonchev–Trinajstić information content (AvgIpc) is 2.92. The molecule has 4 rings (SSSR count). The Balaban J connectivity index is 2.08. The van der Waals surface area contributed by atoms with E-state index >= 15 is 0 Å². The number of tetrazole rings is 1. The molecule has 1 aromatic heterocycles. The van der Waals surface area contributed by atoms with Gasteiger partial charge in [0, 0.05) is 18.0 Å². The van der Waals surface area contributed by atoms with Crippen LogP contribution in [0.15, 0.2) is 22.3 Å². The zero-order chi connectivity index (χ0) is 17.5. The highest BCUT2D eigenvalue weighted by Gasteiger charge is 2.55. The molecule has 0 aromatic carbocycles. The van der Waals surface area contributed by atoms with Crippen molar-refractivity contribution >= 4 is 9.84 Å².